The van der Waals surface area contributed by atoms with Crippen molar-refractivity contribution in [2.45, 2.75) is 6.92 Å². The fraction of sp³-hybridized carbons (Fsp3) is 0.467. The Morgan fingerprint density at radius 1 is 1.14 bits per heavy atom. The maximum atomic E-state index is 12.3. The van der Waals surface area contributed by atoms with Crippen molar-refractivity contribution in [1.82, 2.24) is 15.1 Å². The minimum absolute atomic E-state index is 0.0210. The topological polar surface area (TPSA) is 78.7 Å². The summed E-state index contributed by atoms with van der Waals surface area (Å²) in [7, 11) is 0. The molecule has 0 aliphatic carbocycles. The number of nitrogens with one attached hydrogen (secondary N) is 1. The zero-order valence-electron chi connectivity index (χ0n) is 12.3. The predicted molar refractivity (Wildman–Crippen MR) is 81.9 cm³/mol. The number of nitrogens with zero attached hydrogens (tertiary/aromatic N) is 2. The second-order valence-corrected chi connectivity index (χ2v) is 5.14. The number of hydrogen-bond donors (Lipinski definition) is 2. The molecular formula is C15H22N4O2. The summed E-state index contributed by atoms with van der Waals surface area (Å²) in [5.41, 5.74) is 6.93. The van der Waals surface area contributed by atoms with Gasteiger partial charge in [0.15, 0.2) is 0 Å². The molecule has 1 aromatic carbocycles. The third kappa shape index (κ3) is 4.19. The van der Waals surface area contributed by atoms with Crippen LogP contribution in [0.2, 0.25) is 0 Å². The van der Waals surface area contributed by atoms with Gasteiger partial charge in [-0.3, -0.25) is 14.5 Å². The van der Waals surface area contributed by atoms with Gasteiger partial charge in [0.1, 0.15) is 0 Å². The molecular weight excluding hydrogens is 268 g/mol. The molecule has 1 saturated heterocycles. The molecule has 2 rings (SSSR count). The second-order valence-electron chi connectivity index (χ2n) is 5.14. The second kappa shape index (κ2) is 7.08. The van der Waals surface area contributed by atoms with Crippen LogP contribution in [0.1, 0.15) is 17.3 Å². The lowest BCUT2D eigenvalue weighted by atomic mass is 10.1. The Hall–Kier alpha value is -2.08. The zero-order chi connectivity index (χ0) is 15.2. The third-order valence-corrected chi connectivity index (χ3v) is 3.56. The molecule has 0 radical (unpaired) electrons. The van der Waals surface area contributed by atoms with E-state index in [0.29, 0.717) is 37.4 Å². The molecule has 0 saturated carbocycles. The number of piperazine rings is 1. The Bertz CT molecular complexity index is 493. The van der Waals surface area contributed by atoms with E-state index in [1.165, 1.54) is 0 Å². The van der Waals surface area contributed by atoms with Gasteiger partial charge < -0.3 is 16.0 Å². The maximum absolute atomic E-state index is 12.3. The number of benzene rings is 1. The fourth-order valence-corrected chi connectivity index (χ4v) is 2.37. The van der Waals surface area contributed by atoms with Gasteiger partial charge >= 0.3 is 0 Å². The summed E-state index contributed by atoms with van der Waals surface area (Å²) in [5, 5.41) is 2.78. The third-order valence-electron chi connectivity index (χ3n) is 3.56. The van der Waals surface area contributed by atoms with Crippen molar-refractivity contribution in [1.29, 1.82) is 0 Å². The lowest BCUT2D eigenvalue weighted by Gasteiger charge is -2.34. The SMILES string of the molecule is CCNC(=O)CN1CCN(C(=O)c2ccc(N)cc2)CC1. The molecule has 1 aliphatic rings. The largest absolute Gasteiger partial charge is 0.399 e. The smallest absolute Gasteiger partial charge is 0.253 e. The molecule has 3 N–H and O–H groups in total. The number of anilines is 1. The van der Waals surface area contributed by atoms with Gasteiger partial charge in [-0.05, 0) is 31.2 Å². The van der Waals surface area contributed by atoms with Crippen LogP contribution in [0.4, 0.5) is 5.69 Å². The van der Waals surface area contributed by atoms with Gasteiger partial charge in [-0.2, -0.15) is 0 Å². The molecule has 0 spiro atoms. The van der Waals surface area contributed by atoms with E-state index in [-0.39, 0.29) is 11.8 Å². The lowest BCUT2D eigenvalue weighted by Crippen LogP contribution is -2.51. The molecule has 0 bridgehead atoms. The Kier molecular flexibility index (Phi) is 5.16. The molecule has 1 aliphatic heterocycles. The average Bonchev–Trinajstić information content (AvgIpc) is 2.48. The minimum Gasteiger partial charge on any atom is -0.399 e. The summed E-state index contributed by atoms with van der Waals surface area (Å²) < 4.78 is 0. The normalized spacial score (nSPS) is 15.8. The van der Waals surface area contributed by atoms with Crippen molar-refractivity contribution in [2.75, 3.05) is 45.0 Å². The maximum Gasteiger partial charge on any atom is 0.253 e. The quantitative estimate of drug-likeness (QED) is 0.775. The first-order valence-corrected chi connectivity index (χ1v) is 7.24. The van der Waals surface area contributed by atoms with Gasteiger partial charge in [0.25, 0.3) is 5.91 Å². The van der Waals surface area contributed by atoms with Crippen LogP contribution < -0.4 is 11.1 Å². The van der Waals surface area contributed by atoms with Crippen molar-refractivity contribution in [3.63, 3.8) is 0 Å². The van der Waals surface area contributed by atoms with E-state index < -0.39 is 0 Å². The number of hydrogen-bond acceptors (Lipinski definition) is 4. The van der Waals surface area contributed by atoms with Crippen molar-refractivity contribution in [2.24, 2.45) is 0 Å². The first-order chi connectivity index (χ1) is 10.1. The highest BCUT2D eigenvalue weighted by Gasteiger charge is 2.22. The number of carbonyl (C=O) groups excluding carboxylic acids is 2. The molecule has 1 fully saturated rings. The lowest BCUT2D eigenvalue weighted by molar-refractivity contribution is -0.122. The van der Waals surface area contributed by atoms with Gasteiger partial charge in [-0.15, -0.1) is 0 Å². The highest BCUT2D eigenvalue weighted by molar-refractivity contribution is 5.94. The fourth-order valence-electron chi connectivity index (χ4n) is 2.37. The van der Waals surface area contributed by atoms with Crippen LogP contribution in [-0.4, -0.2) is 60.9 Å². The predicted octanol–water partition coefficient (Wildman–Crippen LogP) is 0.163. The monoisotopic (exact) mass is 290 g/mol. The number of nitrogen functional groups attached to an aromatic ring is 1. The van der Waals surface area contributed by atoms with Gasteiger partial charge in [-0.1, -0.05) is 0 Å². The molecule has 0 aromatic heterocycles. The Morgan fingerprint density at radius 3 is 2.33 bits per heavy atom. The van der Waals surface area contributed by atoms with Crippen molar-refractivity contribution in [3.8, 4) is 0 Å². The molecule has 0 atom stereocenters. The van der Waals surface area contributed by atoms with Crippen molar-refractivity contribution < 1.29 is 9.59 Å². The first-order valence-electron chi connectivity index (χ1n) is 7.24. The molecule has 114 valence electrons. The van der Waals surface area contributed by atoms with E-state index in [1.54, 1.807) is 24.3 Å². The van der Waals surface area contributed by atoms with Crippen molar-refractivity contribution >= 4 is 17.5 Å². The number of amides is 2. The van der Waals surface area contributed by atoms with Gasteiger partial charge in [-0.25, -0.2) is 0 Å². The Morgan fingerprint density at radius 2 is 1.76 bits per heavy atom. The molecule has 1 heterocycles. The van der Waals surface area contributed by atoms with E-state index in [1.807, 2.05) is 11.8 Å². The highest BCUT2D eigenvalue weighted by atomic mass is 16.2. The Labute approximate surface area is 124 Å². The van der Waals surface area contributed by atoms with Crippen LogP contribution in [0.3, 0.4) is 0 Å². The molecule has 0 unspecified atom stereocenters. The highest BCUT2D eigenvalue weighted by Crippen LogP contribution is 2.11. The van der Waals surface area contributed by atoms with E-state index in [9.17, 15) is 9.59 Å². The van der Waals surface area contributed by atoms with Crippen LogP contribution in [0.15, 0.2) is 24.3 Å². The molecule has 6 nitrogen and oxygen atoms in total. The summed E-state index contributed by atoms with van der Waals surface area (Å²) in [6, 6.07) is 6.97. The number of likely N-dealkylation sites (N-methyl/N-ethyl adjacent to an activating group) is 1. The van der Waals surface area contributed by atoms with Crippen molar-refractivity contribution in [3.05, 3.63) is 29.8 Å². The molecule has 2 amide bonds. The molecule has 21 heavy (non-hydrogen) atoms. The summed E-state index contributed by atoms with van der Waals surface area (Å²) in [5.74, 6) is 0.0588. The van der Waals surface area contributed by atoms with Gasteiger partial charge in [0, 0.05) is 44.0 Å². The number of nitrogens with two attached hydrogens (primary N) is 1. The van der Waals surface area contributed by atoms with Crippen LogP contribution in [0, 0.1) is 0 Å². The number of carbonyl (C=O) groups is 2. The molecule has 1 aromatic rings. The van der Waals surface area contributed by atoms with E-state index >= 15 is 0 Å². The van der Waals surface area contributed by atoms with Crippen LogP contribution >= 0.6 is 0 Å². The van der Waals surface area contributed by atoms with E-state index in [2.05, 4.69) is 10.2 Å². The van der Waals surface area contributed by atoms with Crippen LogP contribution in [0.5, 0.6) is 0 Å². The number of rotatable bonds is 4. The van der Waals surface area contributed by atoms with E-state index in [0.717, 1.165) is 13.1 Å². The van der Waals surface area contributed by atoms with Crippen LogP contribution in [-0.2, 0) is 4.79 Å². The summed E-state index contributed by atoms with van der Waals surface area (Å²) in [6.07, 6.45) is 0. The summed E-state index contributed by atoms with van der Waals surface area (Å²) in [4.78, 5) is 27.8. The minimum atomic E-state index is 0.0210. The van der Waals surface area contributed by atoms with Gasteiger partial charge in [0.2, 0.25) is 5.91 Å². The standard InChI is InChI=1S/C15H22N4O2/c1-2-17-14(20)11-18-7-9-19(10-8-18)15(21)12-3-5-13(16)6-4-12/h3-6H,2,7-11,16H2,1H3,(H,17,20). The van der Waals surface area contributed by atoms with E-state index in [4.69, 9.17) is 5.73 Å². The Balaban J connectivity index is 1.84. The summed E-state index contributed by atoms with van der Waals surface area (Å²) >= 11 is 0. The average molecular weight is 290 g/mol. The van der Waals surface area contributed by atoms with Gasteiger partial charge in [0.05, 0.1) is 6.54 Å². The first kappa shape index (κ1) is 15.3. The molecule has 6 heteroatoms. The summed E-state index contributed by atoms with van der Waals surface area (Å²) in [6.45, 7) is 5.67. The zero-order valence-corrected chi connectivity index (χ0v) is 12.3. The van der Waals surface area contributed by atoms with Crippen LogP contribution in [0.25, 0.3) is 0 Å².